The van der Waals surface area contributed by atoms with Crippen molar-refractivity contribution in [1.82, 2.24) is 14.5 Å². The fourth-order valence-electron chi connectivity index (χ4n) is 3.30. The fourth-order valence-corrected chi connectivity index (χ4v) is 4.74. The lowest BCUT2D eigenvalue weighted by Crippen LogP contribution is -2.48. The summed E-state index contributed by atoms with van der Waals surface area (Å²) in [6, 6.07) is 12.5. The van der Waals surface area contributed by atoms with E-state index >= 15 is 0 Å². The molecule has 3 rings (SSSR count). The van der Waals surface area contributed by atoms with Crippen LogP contribution in [0, 0.1) is 5.82 Å². The number of rotatable bonds is 8. The number of amides is 1. The van der Waals surface area contributed by atoms with Crippen molar-refractivity contribution in [1.29, 1.82) is 0 Å². The van der Waals surface area contributed by atoms with E-state index in [1.807, 2.05) is 12.1 Å². The number of hydrogen-bond acceptors (Lipinski definition) is 6. The molecule has 0 aromatic heterocycles. The zero-order valence-electron chi connectivity index (χ0n) is 19.9. The number of carbonyl (C=O) groups is 2. The van der Waals surface area contributed by atoms with Gasteiger partial charge in [0.05, 0.1) is 12.9 Å². The number of carboxylic acids is 1. The molecule has 0 radical (unpaired) electrons. The smallest absolute Gasteiger partial charge is 0.490 e. The van der Waals surface area contributed by atoms with Gasteiger partial charge in [0.2, 0.25) is 10.0 Å². The molecule has 204 valence electrons. The van der Waals surface area contributed by atoms with Gasteiger partial charge >= 0.3 is 12.1 Å². The van der Waals surface area contributed by atoms with Gasteiger partial charge in [0.1, 0.15) is 11.6 Å². The molecule has 0 bridgehead atoms. The van der Waals surface area contributed by atoms with Gasteiger partial charge in [0.25, 0.3) is 5.91 Å². The number of alkyl halides is 3. The summed E-state index contributed by atoms with van der Waals surface area (Å²) in [4.78, 5) is 23.4. The van der Waals surface area contributed by atoms with Gasteiger partial charge in [-0.15, -0.1) is 0 Å². The predicted octanol–water partition coefficient (Wildman–Crippen LogP) is 2.34. The normalized spacial score (nSPS) is 14.3. The summed E-state index contributed by atoms with van der Waals surface area (Å²) in [7, 11) is -1.94. The highest BCUT2D eigenvalue weighted by atomic mass is 32.2. The van der Waals surface area contributed by atoms with Crippen LogP contribution in [0.1, 0.15) is 15.9 Å². The van der Waals surface area contributed by atoms with Crippen molar-refractivity contribution in [3.63, 3.8) is 0 Å². The van der Waals surface area contributed by atoms with Gasteiger partial charge < -0.3 is 20.1 Å². The third-order valence-electron chi connectivity index (χ3n) is 5.22. The second kappa shape index (κ2) is 13.4. The van der Waals surface area contributed by atoms with E-state index in [9.17, 15) is 30.8 Å². The highest BCUT2D eigenvalue weighted by Crippen LogP contribution is 2.17. The first kappa shape index (κ1) is 30.0. The van der Waals surface area contributed by atoms with Crippen LogP contribution in [0.4, 0.5) is 17.6 Å². The Morgan fingerprint density at radius 2 is 1.70 bits per heavy atom. The Hall–Kier alpha value is -3.23. The molecule has 2 aromatic rings. The summed E-state index contributed by atoms with van der Waals surface area (Å²) in [5, 5.41) is 10.3. The highest BCUT2D eigenvalue weighted by molar-refractivity contribution is 7.89. The SMILES string of the molecule is COc1cccc(CN(CCS(=O)(=O)N2CCNCC2)C(=O)c2ccc(F)cc2)c1.O=C(O)C(F)(F)F. The molecular formula is C23H27F4N3O6S. The highest BCUT2D eigenvalue weighted by Gasteiger charge is 2.38. The zero-order valence-corrected chi connectivity index (χ0v) is 20.7. The van der Waals surface area contributed by atoms with Crippen LogP contribution in [0.2, 0.25) is 0 Å². The minimum Gasteiger partial charge on any atom is -0.497 e. The lowest BCUT2D eigenvalue weighted by molar-refractivity contribution is -0.192. The molecule has 0 spiro atoms. The Balaban J connectivity index is 0.000000604. The van der Waals surface area contributed by atoms with E-state index in [2.05, 4.69) is 5.32 Å². The molecule has 1 fully saturated rings. The van der Waals surface area contributed by atoms with Crippen molar-refractivity contribution in [3.05, 3.63) is 65.5 Å². The van der Waals surface area contributed by atoms with Crippen LogP contribution in [0.5, 0.6) is 5.75 Å². The Bertz CT molecular complexity index is 1150. The number of benzene rings is 2. The summed E-state index contributed by atoms with van der Waals surface area (Å²) < 4.78 is 77.2. The molecule has 14 heteroatoms. The maximum atomic E-state index is 13.3. The lowest BCUT2D eigenvalue weighted by atomic mass is 10.1. The number of nitrogens with one attached hydrogen (secondary N) is 1. The maximum Gasteiger partial charge on any atom is 0.490 e. The van der Waals surface area contributed by atoms with Gasteiger partial charge in [-0.2, -0.15) is 17.5 Å². The number of halogens is 4. The van der Waals surface area contributed by atoms with Crippen LogP contribution < -0.4 is 10.1 Å². The van der Waals surface area contributed by atoms with Crippen molar-refractivity contribution in [2.24, 2.45) is 0 Å². The quantitative estimate of drug-likeness (QED) is 0.486. The Labute approximate surface area is 211 Å². The topological polar surface area (TPSA) is 116 Å². The molecule has 1 aliphatic rings. The molecule has 0 atom stereocenters. The molecule has 9 nitrogen and oxygen atoms in total. The van der Waals surface area contributed by atoms with Crippen LogP contribution in [0.3, 0.4) is 0 Å². The number of methoxy groups -OCH3 is 1. The summed E-state index contributed by atoms with van der Waals surface area (Å²) in [5.41, 5.74) is 1.11. The number of aliphatic carboxylic acids is 1. The Morgan fingerprint density at radius 1 is 1.11 bits per heavy atom. The van der Waals surface area contributed by atoms with E-state index in [1.54, 1.807) is 19.2 Å². The molecule has 1 aliphatic heterocycles. The van der Waals surface area contributed by atoms with E-state index in [0.29, 0.717) is 37.5 Å². The first-order valence-electron chi connectivity index (χ1n) is 11.0. The third kappa shape index (κ3) is 9.63. The summed E-state index contributed by atoms with van der Waals surface area (Å²) in [6.45, 7) is 2.31. The minimum absolute atomic E-state index is 0.0275. The van der Waals surface area contributed by atoms with Crippen molar-refractivity contribution < 1.29 is 45.4 Å². The van der Waals surface area contributed by atoms with Crippen LogP contribution in [0.15, 0.2) is 48.5 Å². The van der Waals surface area contributed by atoms with Crippen molar-refractivity contribution in [2.45, 2.75) is 12.7 Å². The molecule has 1 saturated heterocycles. The maximum absolute atomic E-state index is 13.3. The first-order chi connectivity index (χ1) is 17.3. The monoisotopic (exact) mass is 549 g/mol. The zero-order chi connectivity index (χ0) is 27.6. The van der Waals surface area contributed by atoms with Crippen molar-refractivity contribution >= 4 is 21.9 Å². The molecule has 0 aliphatic carbocycles. The number of ether oxygens (including phenoxy) is 1. The van der Waals surface area contributed by atoms with Gasteiger partial charge in [-0.25, -0.2) is 17.6 Å². The van der Waals surface area contributed by atoms with Gasteiger partial charge in [-0.05, 0) is 42.0 Å². The van der Waals surface area contributed by atoms with Gasteiger partial charge in [-0.1, -0.05) is 12.1 Å². The molecular weight excluding hydrogens is 522 g/mol. The number of piperazine rings is 1. The molecule has 0 saturated carbocycles. The molecule has 2 aromatic carbocycles. The lowest BCUT2D eigenvalue weighted by Gasteiger charge is -2.28. The minimum atomic E-state index is -5.08. The van der Waals surface area contributed by atoms with Crippen LogP contribution in [-0.2, 0) is 21.4 Å². The molecule has 2 N–H and O–H groups in total. The van der Waals surface area contributed by atoms with Crippen molar-refractivity contribution in [2.75, 3.05) is 45.6 Å². The van der Waals surface area contributed by atoms with Crippen LogP contribution >= 0.6 is 0 Å². The fraction of sp³-hybridized carbons (Fsp3) is 0.391. The summed E-state index contributed by atoms with van der Waals surface area (Å²) in [6.07, 6.45) is -5.08. The van der Waals surface area contributed by atoms with E-state index in [4.69, 9.17) is 14.6 Å². The second-order valence-electron chi connectivity index (χ2n) is 7.85. The number of carboxylic acid groups (broad SMARTS) is 1. The van der Waals surface area contributed by atoms with Crippen LogP contribution in [0.25, 0.3) is 0 Å². The molecule has 0 unspecified atom stereocenters. The van der Waals surface area contributed by atoms with Gasteiger partial charge in [0, 0.05) is 44.8 Å². The molecule has 1 heterocycles. The van der Waals surface area contributed by atoms with E-state index in [-0.39, 0.29) is 24.7 Å². The number of carbonyl (C=O) groups excluding carboxylic acids is 1. The Kier molecular flexibility index (Phi) is 10.8. The van der Waals surface area contributed by atoms with E-state index < -0.39 is 28.0 Å². The Morgan fingerprint density at radius 3 is 2.24 bits per heavy atom. The third-order valence-corrected chi connectivity index (χ3v) is 7.07. The standard InChI is InChI=1S/C21H26FN3O4S.C2HF3O2/c1-29-20-4-2-3-17(15-20)16-24(21(26)18-5-7-19(22)8-6-18)13-14-30(27,28)25-11-9-23-10-12-25;3-2(4,5)1(6)7/h2-8,15,23H,9-14,16H2,1H3;(H,6,7). The average Bonchev–Trinajstić information content (AvgIpc) is 2.87. The average molecular weight is 550 g/mol. The number of nitrogens with zero attached hydrogens (tertiary/aromatic N) is 2. The van der Waals surface area contributed by atoms with Crippen molar-refractivity contribution in [3.8, 4) is 5.75 Å². The summed E-state index contributed by atoms with van der Waals surface area (Å²) >= 11 is 0. The van der Waals surface area contributed by atoms with Gasteiger partial charge in [-0.3, -0.25) is 4.79 Å². The first-order valence-corrected chi connectivity index (χ1v) is 12.6. The summed E-state index contributed by atoms with van der Waals surface area (Å²) in [5.74, 6) is -3.08. The molecule has 37 heavy (non-hydrogen) atoms. The predicted molar refractivity (Wildman–Crippen MR) is 126 cm³/mol. The largest absolute Gasteiger partial charge is 0.497 e. The van der Waals surface area contributed by atoms with E-state index in [1.165, 1.54) is 33.5 Å². The van der Waals surface area contributed by atoms with Gasteiger partial charge in [0.15, 0.2) is 0 Å². The molecule has 1 amide bonds. The number of sulfonamides is 1. The second-order valence-corrected chi connectivity index (χ2v) is 9.94. The number of hydrogen-bond donors (Lipinski definition) is 2. The van der Waals surface area contributed by atoms with Crippen LogP contribution in [-0.4, -0.2) is 86.4 Å². The van der Waals surface area contributed by atoms with E-state index in [0.717, 1.165) is 5.56 Å².